The van der Waals surface area contributed by atoms with Crippen LogP contribution in [0.3, 0.4) is 0 Å². The topological polar surface area (TPSA) is 51.5 Å². The van der Waals surface area contributed by atoms with Crippen molar-refractivity contribution in [2.45, 2.75) is 66.0 Å². The molecule has 1 aromatic heterocycles. The summed E-state index contributed by atoms with van der Waals surface area (Å²) in [5.74, 6) is 2.11. The van der Waals surface area contributed by atoms with Crippen LogP contribution < -0.4 is 10.1 Å². The van der Waals surface area contributed by atoms with Gasteiger partial charge in [0.2, 0.25) is 0 Å². The molecule has 4 heteroatoms. The van der Waals surface area contributed by atoms with Crippen molar-refractivity contribution in [1.82, 2.24) is 5.32 Å². The summed E-state index contributed by atoms with van der Waals surface area (Å²) >= 11 is 0. The van der Waals surface area contributed by atoms with E-state index in [2.05, 4.69) is 50.4 Å². The first-order valence-electron chi connectivity index (χ1n) is 11.1. The third kappa shape index (κ3) is 5.57. The molecule has 0 aliphatic heterocycles. The summed E-state index contributed by atoms with van der Waals surface area (Å²) in [6, 6.07) is 18.0. The van der Waals surface area contributed by atoms with E-state index in [1.165, 1.54) is 5.56 Å². The van der Waals surface area contributed by atoms with E-state index < -0.39 is 0 Å². The molecule has 31 heavy (non-hydrogen) atoms. The Balaban J connectivity index is 1.63. The molecular weight excluding hydrogens is 386 g/mol. The molecule has 3 aromatic rings. The van der Waals surface area contributed by atoms with Crippen LogP contribution in [0.15, 0.2) is 59.0 Å². The lowest BCUT2D eigenvalue weighted by Gasteiger charge is -2.18. The quantitative estimate of drug-likeness (QED) is 0.412. The van der Waals surface area contributed by atoms with Gasteiger partial charge in [-0.1, -0.05) is 63.2 Å². The van der Waals surface area contributed by atoms with E-state index in [4.69, 9.17) is 9.15 Å². The van der Waals surface area contributed by atoms with Gasteiger partial charge < -0.3 is 14.5 Å². The molecule has 1 amide bonds. The molecule has 0 saturated carbocycles. The largest absolute Gasteiger partial charge is 0.485 e. The molecular formula is C27H33NO3. The zero-order chi connectivity index (χ0) is 22.4. The second kappa shape index (κ2) is 10.3. The summed E-state index contributed by atoms with van der Waals surface area (Å²) in [7, 11) is 0. The van der Waals surface area contributed by atoms with Crippen LogP contribution >= 0.6 is 0 Å². The number of carbonyl (C=O) groups is 1. The third-order valence-corrected chi connectivity index (χ3v) is 5.89. The summed E-state index contributed by atoms with van der Waals surface area (Å²) in [5, 5.41) is 3.09. The molecule has 2 unspecified atom stereocenters. The van der Waals surface area contributed by atoms with Gasteiger partial charge in [0.25, 0.3) is 5.91 Å². The Morgan fingerprint density at radius 2 is 1.58 bits per heavy atom. The monoisotopic (exact) mass is 419 g/mol. The Morgan fingerprint density at radius 1 is 0.935 bits per heavy atom. The van der Waals surface area contributed by atoms with Crippen LogP contribution in [0.1, 0.15) is 84.1 Å². The highest BCUT2D eigenvalue weighted by Gasteiger charge is 2.18. The Hall–Kier alpha value is -3.01. The maximum atomic E-state index is 12.8. The third-order valence-electron chi connectivity index (χ3n) is 5.89. The molecule has 0 aliphatic rings. The minimum Gasteiger partial charge on any atom is -0.485 e. The number of benzene rings is 2. The van der Waals surface area contributed by atoms with E-state index >= 15 is 0 Å². The van der Waals surface area contributed by atoms with Crippen LogP contribution in [-0.4, -0.2) is 5.91 Å². The Labute approximate surface area is 185 Å². The lowest BCUT2D eigenvalue weighted by atomic mass is 9.95. The summed E-state index contributed by atoms with van der Waals surface area (Å²) in [6.07, 6.45) is 1.92. The van der Waals surface area contributed by atoms with Crippen molar-refractivity contribution in [3.63, 3.8) is 0 Å². The minimum atomic E-state index is -0.212. The number of hydrogen-bond acceptors (Lipinski definition) is 3. The number of ether oxygens (including phenoxy) is 1. The van der Waals surface area contributed by atoms with Crippen LogP contribution in [0.25, 0.3) is 0 Å². The van der Waals surface area contributed by atoms with Crippen molar-refractivity contribution < 1.29 is 13.9 Å². The fraction of sp³-hybridized carbons (Fsp3) is 0.370. The number of rotatable bonds is 9. The molecule has 3 rings (SSSR count). The van der Waals surface area contributed by atoms with Gasteiger partial charge in [0.15, 0.2) is 5.76 Å². The highest BCUT2D eigenvalue weighted by molar-refractivity contribution is 5.91. The zero-order valence-corrected chi connectivity index (χ0v) is 19.2. The van der Waals surface area contributed by atoms with E-state index in [-0.39, 0.29) is 18.6 Å². The highest BCUT2D eigenvalue weighted by Crippen LogP contribution is 2.25. The van der Waals surface area contributed by atoms with Crippen molar-refractivity contribution in [2.75, 3.05) is 0 Å². The number of carbonyl (C=O) groups excluding carboxylic acids is 1. The van der Waals surface area contributed by atoms with Crippen molar-refractivity contribution in [1.29, 1.82) is 0 Å². The minimum absolute atomic E-state index is 0.0575. The predicted molar refractivity (Wildman–Crippen MR) is 125 cm³/mol. The van der Waals surface area contributed by atoms with E-state index in [0.29, 0.717) is 17.4 Å². The number of aryl methyl sites for hydroxylation is 2. The average molecular weight is 420 g/mol. The maximum Gasteiger partial charge on any atom is 0.287 e. The lowest BCUT2D eigenvalue weighted by molar-refractivity contribution is 0.0903. The van der Waals surface area contributed by atoms with Crippen molar-refractivity contribution in [3.8, 4) is 5.75 Å². The number of nitrogens with one attached hydrogen (secondary N) is 1. The molecule has 0 saturated heterocycles. The summed E-state index contributed by atoms with van der Waals surface area (Å²) in [6.45, 7) is 10.8. The molecule has 0 spiro atoms. The molecule has 0 radical (unpaired) electrons. The van der Waals surface area contributed by atoms with Gasteiger partial charge in [0, 0.05) is 0 Å². The normalized spacial score (nSPS) is 12.9. The Morgan fingerprint density at radius 3 is 2.19 bits per heavy atom. The van der Waals surface area contributed by atoms with Crippen LogP contribution in [0.5, 0.6) is 5.75 Å². The molecule has 0 aliphatic carbocycles. The van der Waals surface area contributed by atoms with E-state index in [9.17, 15) is 4.79 Å². The van der Waals surface area contributed by atoms with Gasteiger partial charge in [0.05, 0.1) is 6.04 Å². The maximum absolute atomic E-state index is 12.8. The number of furan rings is 1. The predicted octanol–water partition coefficient (Wildman–Crippen LogP) is 6.87. The van der Waals surface area contributed by atoms with Gasteiger partial charge >= 0.3 is 0 Å². The molecule has 2 aromatic carbocycles. The van der Waals surface area contributed by atoms with Crippen LogP contribution in [-0.2, 0) is 6.61 Å². The standard InChI is InChI=1S/C27H33NO3/c1-6-18(3)21-11-13-22(14-12-21)24(7-2)28-27(29)25-16-15-23(31-25)17-30-26-19(4)9-8-10-20(26)5/h8-16,18,24H,6-7,17H2,1-5H3,(H,28,29). The first-order chi connectivity index (χ1) is 14.9. The van der Waals surface area contributed by atoms with Gasteiger partial charge in [-0.05, 0) is 67.0 Å². The van der Waals surface area contributed by atoms with Gasteiger partial charge in [-0.15, -0.1) is 0 Å². The molecule has 1 N–H and O–H groups in total. The van der Waals surface area contributed by atoms with Crippen molar-refractivity contribution in [2.24, 2.45) is 0 Å². The Bertz CT molecular complexity index is 983. The number of hydrogen-bond donors (Lipinski definition) is 1. The van der Waals surface area contributed by atoms with Crippen molar-refractivity contribution >= 4 is 5.91 Å². The van der Waals surface area contributed by atoms with Gasteiger partial charge in [-0.3, -0.25) is 4.79 Å². The summed E-state index contributed by atoms with van der Waals surface area (Å²) in [4.78, 5) is 12.8. The second-order valence-electron chi connectivity index (χ2n) is 8.19. The summed E-state index contributed by atoms with van der Waals surface area (Å²) in [5.41, 5.74) is 4.59. The Kier molecular flexibility index (Phi) is 7.56. The van der Waals surface area contributed by atoms with Crippen LogP contribution in [0, 0.1) is 13.8 Å². The van der Waals surface area contributed by atoms with Gasteiger partial charge in [0.1, 0.15) is 18.1 Å². The zero-order valence-electron chi connectivity index (χ0n) is 19.2. The van der Waals surface area contributed by atoms with E-state index in [1.54, 1.807) is 12.1 Å². The molecule has 1 heterocycles. The smallest absolute Gasteiger partial charge is 0.287 e. The average Bonchev–Trinajstić information content (AvgIpc) is 3.26. The van der Waals surface area contributed by atoms with Crippen molar-refractivity contribution in [3.05, 3.63) is 88.4 Å². The highest BCUT2D eigenvalue weighted by atomic mass is 16.5. The van der Waals surface area contributed by atoms with Crippen LogP contribution in [0.4, 0.5) is 0 Å². The van der Waals surface area contributed by atoms with E-state index in [1.807, 2.05) is 32.0 Å². The SMILES string of the molecule is CCC(C)c1ccc(C(CC)NC(=O)c2ccc(COc3c(C)cccc3C)o2)cc1. The first kappa shape index (κ1) is 22.7. The molecule has 2 atom stereocenters. The molecule has 0 fully saturated rings. The first-order valence-corrected chi connectivity index (χ1v) is 11.1. The molecule has 164 valence electrons. The number of amides is 1. The van der Waals surface area contributed by atoms with Gasteiger partial charge in [-0.2, -0.15) is 0 Å². The lowest BCUT2D eigenvalue weighted by Crippen LogP contribution is -2.27. The van der Waals surface area contributed by atoms with Crippen LogP contribution in [0.2, 0.25) is 0 Å². The second-order valence-corrected chi connectivity index (χ2v) is 8.19. The molecule has 0 bridgehead atoms. The fourth-order valence-corrected chi connectivity index (χ4v) is 3.69. The number of para-hydroxylation sites is 1. The van der Waals surface area contributed by atoms with E-state index in [0.717, 1.165) is 35.3 Å². The fourth-order valence-electron chi connectivity index (χ4n) is 3.69. The summed E-state index contributed by atoms with van der Waals surface area (Å²) < 4.78 is 11.7. The molecule has 4 nitrogen and oxygen atoms in total. The van der Waals surface area contributed by atoms with Gasteiger partial charge in [-0.25, -0.2) is 0 Å².